The quantitative estimate of drug-likeness (QED) is 0.820. The van der Waals surface area contributed by atoms with Crippen LogP contribution in [0.2, 0.25) is 5.02 Å². The standard InChI is InChI=1S/C14H12BrClFN/c1-9-2-5-14(13(17)6-9)18-8-10-3-4-12(16)11(15)7-10/h2-7,18H,8H2,1H3. The summed E-state index contributed by atoms with van der Waals surface area (Å²) < 4.78 is 14.4. The highest BCUT2D eigenvalue weighted by Crippen LogP contribution is 2.24. The highest BCUT2D eigenvalue weighted by atomic mass is 79.9. The summed E-state index contributed by atoms with van der Waals surface area (Å²) in [5, 5.41) is 3.73. The van der Waals surface area contributed by atoms with Gasteiger partial charge in [0.1, 0.15) is 5.82 Å². The highest BCUT2D eigenvalue weighted by Gasteiger charge is 2.03. The zero-order valence-corrected chi connectivity index (χ0v) is 12.1. The Bertz CT molecular complexity index is 572. The number of hydrogen-bond acceptors (Lipinski definition) is 1. The minimum absolute atomic E-state index is 0.233. The van der Waals surface area contributed by atoms with Gasteiger partial charge in [-0.2, -0.15) is 0 Å². The molecule has 0 heterocycles. The van der Waals surface area contributed by atoms with Crippen molar-refractivity contribution in [1.82, 2.24) is 0 Å². The Hall–Kier alpha value is -1.06. The summed E-state index contributed by atoms with van der Waals surface area (Å²) >= 11 is 9.28. The number of halogens is 3. The third-order valence-electron chi connectivity index (χ3n) is 2.59. The molecule has 1 nitrogen and oxygen atoms in total. The Morgan fingerprint density at radius 3 is 2.67 bits per heavy atom. The van der Waals surface area contributed by atoms with Crippen molar-refractivity contribution in [2.24, 2.45) is 0 Å². The Balaban J connectivity index is 2.09. The highest BCUT2D eigenvalue weighted by molar-refractivity contribution is 9.10. The number of hydrogen-bond donors (Lipinski definition) is 1. The molecule has 2 aromatic rings. The average Bonchev–Trinajstić information content (AvgIpc) is 2.32. The third kappa shape index (κ3) is 3.24. The van der Waals surface area contributed by atoms with E-state index in [2.05, 4.69) is 21.2 Å². The number of aryl methyl sites for hydroxylation is 1. The van der Waals surface area contributed by atoms with E-state index >= 15 is 0 Å². The lowest BCUT2D eigenvalue weighted by Gasteiger charge is -2.09. The summed E-state index contributed by atoms with van der Waals surface area (Å²) in [5.41, 5.74) is 2.45. The molecule has 0 fully saturated rings. The number of rotatable bonds is 3. The van der Waals surface area contributed by atoms with Crippen LogP contribution in [0.25, 0.3) is 0 Å². The number of benzene rings is 2. The maximum Gasteiger partial charge on any atom is 0.146 e. The Kier molecular flexibility index (Phi) is 4.25. The van der Waals surface area contributed by atoms with E-state index in [9.17, 15) is 4.39 Å². The first-order valence-electron chi connectivity index (χ1n) is 5.50. The predicted molar refractivity (Wildman–Crippen MR) is 77.6 cm³/mol. The first kappa shape index (κ1) is 13.4. The van der Waals surface area contributed by atoms with Crippen LogP contribution < -0.4 is 5.32 Å². The zero-order valence-electron chi connectivity index (χ0n) is 9.81. The summed E-state index contributed by atoms with van der Waals surface area (Å²) in [4.78, 5) is 0. The van der Waals surface area contributed by atoms with Crippen LogP contribution in [0, 0.1) is 12.7 Å². The van der Waals surface area contributed by atoms with E-state index in [0.29, 0.717) is 17.3 Å². The first-order chi connectivity index (χ1) is 8.56. The van der Waals surface area contributed by atoms with Crippen molar-refractivity contribution < 1.29 is 4.39 Å². The summed E-state index contributed by atoms with van der Waals surface area (Å²) in [6.45, 7) is 2.42. The van der Waals surface area contributed by atoms with Crippen LogP contribution in [0.15, 0.2) is 40.9 Å². The van der Waals surface area contributed by atoms with E-state index in [1.807, 2.05) is 31.2 Å². The van der Waals surface area contributed by atoms with Crippen molar-refractivity contribution in [3.8, 4) is 0 Å². The lowest BCUT2D eigenvalue weighted by Crippen LogP contribution is -2.01. The lowest BCUT2D eigenvalue weighted by molar-refractivity contribution is 0.629. The summed E-state index contributed by atoms with van der Waals surface area (Å²) in [6.07, 6.45) is 0. The molecule has 1 N–H and O–H groups in total. The van der Waals surface area contributed by atoms with Gasteiger partial charge in [-0.05, 0) is 58.2 Å². The maximum absolute atomic E-state index is 13.6. The topological polar surface area (TPSA) is 12.0 Å². The fourth-order valence-corrected chi connectivity index (χ4v) is 2.15. The zero-order chi connectivity index (χ0) is 13.1. The molecule has 0 bridgehead atoms. The molecule has 0 spiro atoms. The van der Waals surface area contributed by atoms with Gasteiger partial charge < -0.3 is 5.32 Å². The van der Waals surface area contributed by atoms with Crippen molar-refractivity contribution in [1.29, 1.82) is 0 Å². The van der Waals surface area contributed by atoms with Crippen LogP contribution in [-0.2, 0) is 6.54 Å². The molecule has 0 atom stereocenters. The Labute approximate surface area is 119 Å². The molecule has 0 aliphatic heterocycles. The van der Waals surface area contributed by atoms with Crippen LogP contribution in [-0.4, -0.2) is 0 Å². The Morgan fingerprint density at radius 1 is 1.22 bits per heavy atom. The van der Waals surface area contributed by atoms with E-state index in [1.165, 1.54) is 6.07 Å². The third-order valence-corrected chi connectivity index (χ3v) is 3.81. The molecule has 0 aliphatic rings. The molecular weight excluding hydrogens is 317 g/mol. The molecule has 2 aromatic carbocycles. The van der Waals surface area contributed by atoms with E-state index in [0.717, 1.165) is 15.6 Å². The van der Waals surface area contributed by atoms with E-state index in [1.54, 1.807) is 6.07 Å². The van der Waals surface area contributed by atoms with Crippen molar-refractivity contribution in [2.45, 2.75) is 13.5 Å². The molecule has 0 unspecified atom stereocenters. The van der Waals surface area contributed by atoms with Gasteiger partial charge in [0, 0.05) is 11.0 Å². The monoisotopic (exact) mass is 327 g/mol. The second-order valence-electron chi connectivity index (χ2n) is 4.09. The molecule has 18 heavy (non-hydrogen) atoms. The van der Waals surface area contributed by atoms with Crippen LogP contribution in [0.4, 0.5) is 10.1 Å². The normalized spacial score (nSPS) is 10.4. The molecule has 0 radical (unpaired) electrons. The molecule has 0 aromatic heterocycles. The summed E-state index contributed by atoms with van der Waals surface area (Å²) in [5.74, 6) is -0.233. The van der Waals surface area contributed by atoms with Crippen molar-refractivity contribution in [3.05, 3.63) is 62.8 Å². The average molecular weight is 329 g/mol. The minimum Gasteiger partial charge on any atom is -0.379 e. The SMILES string of the molecule is Cc1ccc(NCc2ccc(Cl)c(Br)c2)c(F)c1. The van der Waals surface area contributed by atoms with Crippen molar-refractivity contribution in [2.75, 3.05) is 5.32 Å². The maximum atomic E-state index is 13.6. The van der Waals surface area contributed by atoms with Crippen LogP contribution >= 0.6 is 27.5 Å². The number of anilines is 1. The molecular formula is C14H12BrClFN. The molecule has 2 rings (SSSR count). The summed E-state index contributed by atoms with van der Waals surface area (Å²) in [6, 6.07) is 10.8. The molecule has 94 valence electrons. The predicted octanol–water partition coefficient (Wildman–Crippen LogP) is 5.16. The largest absolute Gasteiger partial charge is 0.379 e. The van der Waals surface area contributed by atoms with Gasteiger partial charge in [-0.15, -0.1) is 0 Å². The Morgan fingerprint density at radius 2 is 2.00 bits per heavy atom. The van der Waals surface area contributed by atoms with E-state index < -0.39 is 0 Å². The smallest absolute Gasteiger partial charge is 0.146 e. The van der Waals surface area contributed by atoms with Gasteiger partial charge in [-0.25, -0.2) is 4.39 Å². The molecule has 0 aliphatic carbocycles. The van der Waals surface area contributed by atoms with Crippen LogP contribution in [0.5, 0.6) is 0 Å². The molecule has 4 heteroatoms. The van der Waals surface area contributed by atoms with Crippen LogP contribution in [0.1, 0.15) is 11.1 Å². The summed E-state index contributed by atoms with van der Waals surface area (Å²) in [7, 11) is 0. The van der Waals surface area contributed by atoms with E-state index in [4.69, 9.17) is 11.6 Å². The molecule has 0 amide bonds. The minimum atomic E-state index is -0.233. The van der Waals surface area contributed by atoms with Gasteiger partial charge >= 0.3 is 0 Å². The van der Waals surface area contributed by atoms with Gasteiger partial charge in [0.05, 0.1) is 10.7 Å². The lowest BCUT2D eigenvalue weighted by atomic mass is 10.2. The second kappa shape index (κ2) is 5.72. The van der Waals surface area contributed by atoms with Crippen molar-refractivity contribution in [3.63, 3.8) is 0 Å². The van der Waals surface area contributed by atoms with Gasteiger partial charge in [0.2, 0.25) is 0 Å². The van der Waals surface area contributed by atoms with Gasteiger partial charge in [-0.1, -0.05) is 23.7 Å². The first-order valence-corrected chi connectivity index (χ1v) is 6.67. The van der Waals surface area contributed by atoms with E-state index in [-0.39, 0.29) is 5.82 Å². The van der Waals surface area contributed by atoms with Crippen LogP contribution in [0.3, 0.4) is 0 Å². The van der Waals surface area contributed by atoms with Gasteiger partial charge in [-0.3, -0.25) is 0 Å². The van der Waals surface area contributed by atoms with Crippen molar-refractivity contribution >= 4 is 33.2 Å². The fraction of sp³-hybridized carbons (Fsp3) is 0.143. The molecule has 0 saturated heterocycles. The number of nitrogens with one attached hydrogen (secondary N) is 1. The molecule has 0 saturated carbocycles. The second-order valence-corrected chi connectivity index (χ2v) is 5.35. The van der Waals surface area contributed by atoms with Gasteiger partial charge in [0.15, 0.2) is 0 Å². The van der Waals surface area contributed by atoms with Gasteiger partial charge in [0.25, 0.3) is 0 Å². The fourth-order valence-electron chi connectivity index (χ4n) is 1.61.